The highest BCUT2D eigenvalue weighted by molar-refractivity contribution is 6.05. The molecule has 3 rings (SSSR count). The Bertz CT molecular complexity index is 1040. The van der Waals surface area contributed by atoms with Gasteiger partial charge >= 0.3 is 0 Å². The van der Waals surface area contributed by atoms with E-state index >= 15 is 0 Å². The molecule has 2 aromatic carbocycles. The molecule has 1 aromatic heterocycles. The van der Waals surface area contributed by atoms with E-state index in [4.69, 9.17) is 14.6 Å². The Labute approximate surface area is 149 Å². The van der Waals surface area contributed by atoms with Crippen LogP contribution in [0, 0.1) is 5.41 Å². The average molecular weight is 350 g/mol. The van der Waals surface area contributed by atoms with Gasteiger partial charge in [0.1, 0.15) is 5.56 Å². The number of anilines is 1. The molecular formula is C20H18N2O4. The second-order valence-corrected chi connectivity index (χ2v) is 5.68. The first-order valence-corrected chi connectivity index (χ1v) is 8.16. The molecule has 3 aromatic rings. The second kappa shape index (κ2) is 7.23. The minimum absolute atomic E-state index is 0.0465. The van der Waals surface area contributed by atoms with Gasteiger partial charge in [-0.15, -0.1) is 0 Å². The van der Waals surface area contributed by atoms with Gasteiger partial charge in [0.05, 0.1) is 6.61 Å². The van der Waals surface area contributed by atoms with Crippen LogP contribution >= 0.6 is 0 Å². The number of fused-ring (bicyclic) bond motifs is 1. The molecule has 6 nitrogen and oxygen atoms in total. The SMILES string of the molecule is CCOc1cccc2cc(C(=O)Nc3ccc(C(C)=O)cc3)c(=N)oc12. The molecular weight excluding hydrogens is 332 g/mol. The van der Waals surface area contributed by atoms with Gasteiger partial charge in [-0.3, -0.25) is 15.0 Å². The lowest BCUT2D eigenvalue weighted by molar-refractivity contribution is 0.101. The minimum Gasteiger partial charge on any atom is -0.490 e. The van der Waals surface area contributed by atoms with Gasteiger partial charge < -0.3 is 14.5 Å². The monoisotopic (exact) mass is 350 g/mol. The molecule has 0 saturated heterocycles. The number of Topliss-reactive ketones (excluding diaryl/α,β-unsaturated/α-hetero) is 1. The summed E-state index contributed by atoms with van der Waals surface area (Å²) in [6.45, 7) is 3.81. The third-order valence-corrected chi connectivity index (χ3v) is 3.85. The maximum Gasteiger partial charge on any atom is 0.261 e. The van der Waals surface area contributed by atoms with Crippen molar-refractivity contribution < 1.29 is 18.7 Å². The zero-order valence-electron chi connectivity index (χ0n) is 14.5. The van der Waals surface area contributed by atoms with Crippen LogP contribution in [0.3, 0.4) is 0 Å². The van der Waals surface area contributed by atoms with Crippen molar-refractivity contribution in [3.05, 3.63) is 65.2 Å². The largest absolute Gasteiger partial charge is 0.490 e. The average Bonchev–Trinajstić information content (AvgIpc) is 2.62. The molecule has 2 N–H and O–H groups in total. The summed E-state index contributed by atoms with van der Waals surface area (Å²) in [5.74, 6) is 0.0260. The van der Waals surface area contributed by atoms with E-state index in [0.717, 1.165) is 0 Å². The lowest BCUT2D eigenvalue weighted by Gasteiger charge is -2.09. The number of benzene rings is 2. The fraction of sp³-hybridized carbons (Fsp3) is 0.150. The lowest BCUT2D eigenvalue weighted by atomic mass is 10.1. The summed E-state index contributed by atoms with van der Waals surface area (Å²) in [6, 6.07) is 13.5. The smallest absolute Gasteiger partial charge is 0.261 e. The fourth-order valence-electron chi connectivity index (χ4n) is 2.56. The van der Waals surface area contributed by atoms with Gasteiger partial charge in [0.15, 0.2) is 17.1 Å². The van der Waals surface area contributed by atoms with Crippen LogP contribution < -0.4 is 15.6 Å². The Hall–Kier alpha value is -3.41. The van der Waals surface area contributed by atoms with E-state index in [1.54, 1.807) is 48.5 Å². The Kier molecular flexibility index (Phi) is 4.84. The third-order valence-electron chi connectivity index (χ3n) is 3.85. The Morgan fingerprint density at radius 3 is 2.54 bits per heavy atom. The van der Waals surface area contributed by atoms with E-state index in [-0.39, 0.29) is 16.9 Å². The molecule has 0 unspecified atom stereocenters. The van der Waals surface area contributed by atoms with E-state index in [1.807, 2.05) is 6.92 Å². The number of ketones is 1. The predicted octanol–water partition coefficient (Wildman–Crippen LogP) is 3.77. The fourth-order valence-corrected chi connectivity index (χ4v) is 2.56. The summed E-state index contributed by atoms with van der Waals surface area (Å²) in [5.41, 5.74) is 1.39. The number of amides is 1. The highest BCUT2D eigenvalue weighted by atomic mass is 16.5. The lowest BCUT2D eigenvalue weighted by Crippen LogP contribution is -2.21. The van der Waals surface area contributed by atoms with Crippen molar-refractivity contribution in [1.29, 1.82) is 5.41 Å². The molecule has 0 aliphatic carbocycles. The molecule has 0 bridgehead atoms. The van der Waals surface area contributed by atoms with Crippen molar-refractivity contribution in [2.75, 3.05) is 11.9 Å². The van der Waals surface area contributed by atoms with Crippen LogP contribution in [0.5, 0.6) is 5.75 Å². The molecule has 0 aliphatic heterocycles. The number of ether oxygens (including phenoxy) is 1. The number of nitrogens with one attached hydrogen (secondary N) is 2. The summed E-state index contributed by atoms with van der Waals surface area (Å²) >= 11 is 0. The molecule has 0 radical (unpaired) electrons. The van der Waals surface area contributed by atoms with Gasteiger partial charge in [-0.25, -0.2) is 0 Å². The van der Waals surface area contributed by atoms with Crippen LogP contribution in [0.25, 0.3) is 11.0 Å². The van der Waals surface area contributed by atoms with Gasteiger partial charge in [-0.05, 0) is 50.2 Å². The number of carbonyl (C=O) groups excluding carboxylic acids is 2. The van der Waals surface area contributed by atoms with Crippen LogP contribution in [-0.4, -0.2) is 18.3 Å². The summed E-state index contributed by atoms with van der Waals surface area (Å²) in [6.07, 6.45) is 0. The van der Waals surface area contributed by atoms with Crippen molar-refractivity contribution in [2.24, 2.45) is 0 Å². The van der Waals surface area contributed by atoms with Crippen LogP contribution in [0.2, 0.25) is 0 Å². The molecule has 0 fully saturated rings. The first-order valence-electron chi connectivity index (χ1n) is 8.16. The first-order chi connectivity index (χ1) is 12.5. The quantitative estimate of drug-likeness (QED) is 0.685. The highest BCUT2D eigenvalue weighted by Crippen LogP contribution is 2.25. The van der Waals surface area contributed by atoms with Crippen LogP contribution in [0.15, 0.2) is 52.9 Å². The number of rotatable bonds is 5. The molecule has 0 atom stereocenters. The Morgan fingerprint density at radius 2 is 1.88 bits per heavy atom. The van der Waals surface area contributed by atoms with E-state index in [9.17, 15) is 9.59 Å². The zero-order chi connectivity index (χ0) is 18.7. The van der Waals surface area contributed by atoms with Gasteiger partial charge in [-0.2, -0.15) is 0 Å². The number of hydrogen-bond acceptors (Lipinski definition) is 5. The molecule has 0 aliphatic rings. The van der Waals surface area contributed by atoms with Crippen LogP contribution in [-0.2, 0) is 0 Å². The summed E-state index contributed by atoms with van der Waals surface area (Å²) in [5, 5.41) is 11.4. The molecule has 0 spiro atoms. The maximum atomic E-state index is 12.5. The van der Waals surface area contributed by atoms with Crippen LogP contribution in [0.1, 0.15) is 34.6 Å². The van der Waals surface area contributed by atoms with E-state index in [0.29, 0.717) is 34.6 Å². The molecule has 26 heavy (non-hydrogen) atoms. The summed E-state index contributed by atoms with van der Waals surface area (Å²) in [4.78, 5) is 23.8. The molecule has 132 valence electrons. The number of para-hydroxylation sites is 1. The van der Waals surface area contributed by atoms with Crippen molar-refractivity contribution in [3.8, 4) is 5.75 Å². The van der Waals surface area contributed by atoms with Gasteiger partial charge in [0.25, 0.3) is 5.91 Å². The predicted molar refractivity (Wildman–Crippen MR) is 97.6 cm³/mol. The number of carbonyl (C=O) groups is 2. The second-order valence-electron chi connectivity index (χ2n) is 5.68. The third kappa shape index (κ3) is 3.49. The Balaban J connectivity index is 1.92. The molecule has 0 saturated carbocycles. The van der Waals surface area contributed by atoms with Crippen molar-refractivity contribution in [2.45, 2.75) is 13.8 Å². The van der Waals surface area contributed by atoms with E-state index in [1.165, 1.54) is 6.92 Å². The Morgan fingerprint density at radius 1 is 1.15 bits per heavy atom. The molecule has 1 heterocycles. The first kappa shape index (κ1) is 17.4. The summed E-state index contributed by atoms with van der Waals surface area (Å²) < 4.78 is 11.0. The molecule has 6 heteroatoms. The van der Waals surface area contributed by atoms with Gasteiger partial charge in [0, 0.05) is 16.6 Å². The van der Waals surface area contributed by atoms with E-state index in [2.05, 4.69) is 5.32 Å². The number of hydrogen-bond donors (Lipinski definition) is 2. The normalized spacial score (nSPS) is 10.5. The molecule has 1 amide bonds. The topological polar surface area (TPSA) is 92.4 Å². The highest BCUT2D eigenvalue weighted by Gasteiger charge is 2.14. The minimum atomic E-state index is -0.460. The summed E-state index contributed by atoms with van der Waals surface area (Å²) in [7, 11) is 0. The standard InChI is InChI=1S/C20H18N2O4/c1-3-25-17-6-4-5-14-11-16(19(21)26-18(14)17)20(24)22-15-9-7-13(8-10-15)12(2)23/h4-11,21H,3H2,1-2H3,(H,22,24). The van der Waals surface area contributed by atoms with Crippen LogP contribution in [0.4, 0.5) is 5.69 Å². The van der Waals surface area contributed by atoms with E-state index < -0.39 is 5.91 Å². The van der Waals surface area contributed by atoms with Gasteiger partial charge in [-0.1, -0.05) is 12.1 Å². The van der Waals surface area contributed by atoms with Crippen molar-refractivity contribution in [3.63, 3.8) is 0 Å². The van der Waals surface area contributed by atoms with Gasteiger partial charge in [0.2, 0.25) is 5.55 Å². The zero-order valence-corrected chi connectivity index (χ0v) is 14.5. The van der Waals surface area contributed by atoms with Crippen molar-refractivity contribution >= 4 is 28.3 Å². The van der Waals surface area contributed by atoms with Crippen molar-refractivity contribution in [1.82, 2.24) is 0 Å². The maximum absolute atomic E-state index is 12.5.